The van der Waals surface area contributed by atoms with Gasteiger partial charge >= 0.3 is 0 Å². The molecule has 1 aliphatic rings. The second-order valence-electron chi connectivity index (χ2n) is 4.46. The second kappa shape index (κ2) is 5.23. The van der Waals surface area contributed by atoms with Gasteiger partial charge in [0, 0.05) is 24.4 Å². The third kappa shape index (κ3) is 2.54. The molecule has 1 fully saturated rings. The standard InChI is InChI=1S/C14H16N2O2/c1-2-13(17-7-1)8-16-12-5-3-11(4-6-12)14-9-15-10-18-14/h3-6,9-10,13,16H,1-2,7-8H2. The average Bonchev–Trinajstić information content (AvgIpc) is 3.10. The van der Waals surface area contributed by atoms with Gasteiger partial charge in [-0.25, -0.2) is 4.98 Å². The Morgan fingerprint density at radius 1 is 1.28 bits per heavy atom. The molecule has 2 heterocycles. The summed E-state index contributed by atoms with van der Waals surface area (Å²) in [6.45, 7) is 1.78. The topological polar surface area (TPSA) is 47.3 Å². The minimum Gasteiger partial charge on any atom is -0.444 e. The Bertz CT molecular complexity index is 473. The highest BCUT2D eigenvalue weighted by molar-refractivity contribution is 5.60. The lowest BCUT2D eigenvalue weighted by molar-refractivity contribution is 0.120. The van der Waals surface area contributed by atoms with E-state index in [1.54, 1.807) is 6.20 Å². The zero-order chi connectivity index (χ0) is 12.2. The molecule has 0 spiro atoms. The van der Waals surface area contributed by atoms with Crippen molar-refractivity contribution in [2.24, 2.45) is 0 Å². The second-order valence-corrected chi connectivity index (χ2v) is 4.46. The highest BCUT2D eigenvalue weighted by atomic mass is 16.5. The first-order valence-corrected chi connectivity index (χ1v) is 6.26. The Kier molecular flexibility index (Phi) is 3.28. The van der Waals surface area contributed by atoms with Gasteiger partial charge < -0.3 is 14.5 Å². The lowest BCUT2D eigenvalue weighted by Gasteiger charge is -2.11. The van der Waals surface area contributed by atoms with Crippen LogP contribution in [0, 0.1) is 0 Å². The maximum atomic E-state index is 5.57. The van der Waals surface area contributed by atoms with Crippen LogP contribution >= 0.6 is 0 Å². The van der Waals surface area contributed by atoms with E-state index >= 15 is 0 Å². The Balaban J connectivity index is 1.60. The van der Waals surface area contributed by atoms with E-state index < -0.39 is 0 Å². The minimum atomic E-state index is 0.360. The number of nitrogens with zero attached hydrogens (tertiary/aromatic N) is 1. The molecule has 1 saturated heterocycles. The molecule has 0 aliphatic carbocycles. The number of ether oxygens (including phenoxy) is 1. The third-order valence-corrected chi connectivity index (χ3v) is 3.16. The minimum absolute atomic E-state index is 0.360. The lowest BCUT2D eigenvalue weighted by Crippen LogP contribution is -2.18. The van der Waals surface area contributed by atoms with E-state index in [1.807, 2.05) is 24.3 Å². The zero-order valence-corrected chi connectivity index (χ0v) is 10.1. The summed E-state index contributed by atoms with van der Waals surface area (Å²) in [7, 11) is 0. The summed E-state index contributed by atoms with van der Waals surface area (Å²) >= 11 is 0. The first-order valence-electron chi connectivity index (χ1n) is 6.26. The predicted octanol–water partition coefficient (Wildman–Crippen LogP) is 2.93. The van der Waals surface area contributed by atoms with E-state index in [4.69, 9.17) is 9.15 Å². The summed E-state index contributed by atoms with van der Waals surface area (Å²) in [5, 5.41) is 3.39. The number of hydrogen-bond acceptors (Lipinski definition) is 4. The van der Waals surface area contributed by atoms with Crippen molar-refractivity contribution in [1.29, 1.82) is 0 Å². The number of hydrogen-bond donors (Lipinski definition) is 1. The summed E-state index contributed by atoms with van der Waals surface area (Å²) in [5.41, 5.74) is 2.14. The number of oxazole rings is 1. The van der Waals surface area contributed by atoms with Crippen LogP contribution in [-0.2, 0) is 4.74 Å². The molecule has 4 heteroatoms. The molecule has 1 aromatic heterocycles. The van der Waals surface area contributed by atoms with Crippen molar-refractivity contribution in [3.63, 3.8) is 0 Å². The van der Waals surface area contributed by atoms with Gasteiger partial charge in [-0.15, -0.1) is 0 Å². The van der Waals surface area contributed by atoms with Crippen LogP contribution in [0.15, 0.2) is 41.3 Å². The lowest BCUT2D eigenvalue weighted by atomic mass is 10.1. The highest BCUT2D eigenvalue weighted by Crippen LogP contribution is 2.21. The third-order valence-electron chi connectivity index (χ3n) is 3.16. The molecule has 0 saturated carbocycles. The Hall–Kier alpha value is -1.81. The van der Waals surface area contributed by atoms with E-state index in [-0.39, 0.29) is 0 Å². The van der Waals surface area contributed by atoms with E-state index in [2.05, 4.69) is 10.3 Å². The van der Waals surface area contributed by atoms with Gasteiger partial charge in [-0.3, -0.25) is 0 Å². The fraction of sp³-hybridized carbons (Fsp3) is 0.357. The largest absolute Gasteiger partial charge is 0.444 e. The molecule has 0 amide bonds. The van der Waals surface area contributed by atoms with Crippen molar-refractivity contribution in [2.75, 3.05) is 18.5 Å². The van der Waals surface area contributed by atoms with Crippen molar-refractivity contribution in [3.8, 4) is 11.3 Å². The molecular weight excluding hydrogens is 228 g/mol. The predicted molar refractivity (Wildman–Crippen MR) is 69.4 cm³/mol. The summed E-state index contributed by atoms with van der Waals surface area (Å²) < 4.78 is 10.8. The molecule has 1 atom stereocenters. The molecule has 1 aliphatic heterocycles. The molecular formula is C14H16N2O2. The van der Waals surface area contributed by atoms with E-state index in [0.717, 1.165) is 36.6 Å². The SMILES string of the molecule is c1ncc(-c2ccc(NCC3CCCO3)cc2)o1. The normalized spacial score (nSPS) is 19.0. The summed E-state index contributed by atoms with van der Waals surface area (Å²) in [5.74, 6) is 0.792. The zero-order valence-electron chi connectivity index (χ0n) is 10.1. The Morgan fingerprint density at radius 2 is 2.17 bits per heavy atom. The summed E-state index contributed by atoms with van der Waals surface area (Å²) in [6, 6.07) is 8.15. The van der Waals surface area contributed by atoms with Gasteiger partial charge in [0.1, 0.15) is 0 Å². The molecule has 1 aromatic carbocycles. The first-order chi connectivity index (χ1) is 8.92. The quantitative estimate of drug-likeness (QED) is 0.898. The van der Waals surface area contributed by atoms with Gasteiger partial charge in [-0.05, 0) is 37.1 Å². The van der Waals surface area contributed by atoms with E-state index in [9.17, 15) is 0 Å². The van der Waals surface area contributed by atoms with Crippen LogP contribution in [0.2, 0.25) is 0 Å². The Morgan fingerprint density at radius 3 is 2.83 bits per heavy atom. The van der Waals surface area contributed by atoms with Crippen molar-refractivity contribution in [1.82, 2.24) is 4.98 Å². The van der Waals surface area contributed by atoms with Crippen molar-refractivity contribution in [2.45, 2.75) is 18.9 Å². The first kappa shape index (κ1) is 11.3. The van der Waals surface area contributed by atoms with Gasteiger partial charge in [0.05, 0.1) is 12.3 Å². The number of rotatable bonds is 4. The smallest absolute Gasteiger partial charge is 0.181 e. The monoisotopic (exact) mass is 244 g/mol. The molecule has 0 bridgehead atoms. The molecule has 4 nitrogen and oxygen atoms in total. The van der Waals surface area contributed by atoms with Crippen LogP contribution in [0.1, 0.15) is 12.8 Å². The maximum Gasteiger partial charge on any atom is 0.181 e. The molecule has 2 aromatic rings. The fourth-order valence-corrected chi connectivity index (χ4v) is 2.15. The van der Waals surface area contributed by atoms with E-state index in [1.165, 1.54) is 12.8 Å². The van der Waals surface area contributed by atoms with Gasteiger partial charge in [0.25, 0.3) is 0 Å². The highest BCUT2D eigenvalue weighted by Gasteiger charge is 2.14. The fourth-order valence-electron chi connectivity index (χ4n) is 2.15. The molecule has 1 N–H and O–H groups in total. The van der Waals surface area contributed by atoms with Crippen LogP contribution in [-0.4, -0.2) is 24.2 Å². The molecule has 1 unspecified atom stereocenters. The van der Waals surface area contributed by atoms with E-state index in [0.29, 0.717) is 6.10 Å². The van der Waals surface area contributed by atoms with Crippen molar-refractivity contribution >= 4 is 5.69 Å². The molecule has 3 rings (SSSR count). The van der Waals surface area contributed by atoms with Crippen LogP contribution < -0.4 is 5.32 Å². The van der Waals surface area contributed by atoms with Gasteiger partial charge in [0.2, 0.25) is 0 Å². The molecule has 0 radical (unpaired) electrons. The number of anilines is 1. The van der Waals surface area contributed by atoms with Crippen molar-refractivity contribution in [3.05, 3.63) is 36.9 Å². The number of benzene rings is 1. The van der Waals surface area contributed by atoms with Gasteiger partial charge in [0.15, 0.2) is 12.2 Å². The van der Waals surface area contributed by atoms with Crippen LogP contribution in [0.5, 0.6) is 0 Å². The maximum absolute atomic E-state index is 5.57. The van der Waals surface area contributed by atoms with Crippen LogP contribution in [0.4, 0.5) is 5.69 Å². The van der Waals surface area contributed by atoms with Gasteiger partial charge in [-0.2, -0.15) is 0 Å². The number of aromatic nitrogens is 1. The van der Waals surface area contributed by atoms with Crippen LogP contribution in [0.3, 0.4) is 0 Å². The molecule has 18 heavy (non-hydrogen) atoms. The number of nitrogens with one attached hydrogen (secondary N) is 1. The summed E-state index contributed by atoms with van der Waals surface area (Å²) in [6.07, 6.45) is 5.85. The Labute approximate surface area is 106 Å². The summed E-state index contributed by atoms with van der Waals surface area (Å²) in [4.78, 5) is 3.91. The van der Waals surface area contributed by atoms with Gasteiger partial charge in [-0.1, -0.05) is 0 Å². The average molecular weight is 244 g/mol. The molecule has 94 valence electrons. The van der Waals surface area contributed by atoms with Crippen molar-refractivity contribution < 1.29 is 9.15 Å². The van der Waals surface area contributed by atoms with Crippen LogP contribution in [0.25, 0.3) is 11.3 Å².